The van der Waals surface area contributed by atoms with Crippen molar-refractivity contribution in [1.29, 1.82) is 5.26 Å². The van der Waals surface area contributed by atoms with Crippen LogP contribution in [0.2, 0.25) is 0 Å². The first-order valence-electron chi connectivity index (χ1n) is 8.02. The van der Waals surface area contributed by atoms with Crippen LogP contribution in [-0.4, -0.2) is 26.2 Å². The summed E-state index contributed by atoms with van der Waals surface area (Å²) in [7, 11) is -3.89. The molecule has 2 aromatic rings. The number of halogens is 1. The van der Waals surface area contributed by atoms with Crippen LogP contribution in [0.25, 0.3) is 0 Å². The molecule has 26 heavy (non-hydrogen) atoms. The second kappa shape index (κ2) is 6.86. The van der Waals surface area contributed by atoms with E-state index < -0.39 is 32.4 Å². The van der Waals surface area contributed by atoms with Gasteiger partial charge in [0.05, 0.1) is 17.6 Å². The third-order valence-corrected chi connectivity index (χ3v) is 7.34. The number of hydrogen-bond donors (Lipinski definition) is 0. The molecule has 3 rings (SSSR count). The topological polar surface area (TPSA) is 84.2 Å². The highest BCUT2D eigenvalue weighted by molar-refractivity contribution is 9.10. The lowest BCUT2D eigenvalue weighted by Crippen LogP contribution is -2.25. The molecule has 0 amide bonds. The summed E-state index contributed by atoms with van der Waals surface area (Å²) in [6, 6.07) is 16.8. The zero-order valence-electron chi connectivity index (χ0n) is 13.9. The third kappa shape index (κ3) is 2.83. The number of hydrogen-bond acceptors (Lipinski definition) is 5. The van der Waals surface area contributed by atoms with Crippen LogP contribution < -0.4 is 0 Å². The van der Waals surface area contributed by atoms with Crippen LogP contribution in [0, 0.1) is 16.7 Å². The fourth-order valence-corrected chi connectivity index (χ4v) is 5.85. The third-order valence-electron chi connectivity index (χ3n) is 4.57. The van der Waals surface area contributed by atoms with E-state index in [2.05, 4.69) is 15.9 Å². The average molecular weight is 434 g/mol. The van der Waals surface area contributed by atoms with Crippen molar-refractivity contribution in [3.63, 3.8) is 0 Å². The van der Waals surface area contributed by atoms with Crippen molar-refractivity contribution in [2.45, 2.75) is 23.0 Å². The highest BCUT2D eigenvalue weighted by atomic mass is 79.9. The van der Waals surface area contributed by atoms with E-state index in [1.807, 2.05) is 6.07 Å². The molecular weight excluding hydrogens is 418 g/mol. The normalized spacial score (nSPS) is 24.5. The number of carbonyl (C=O) groups excluding carboxylic acids is 1. The van der Waals surface area contributed by atoms with Crippen molar-refractivity contribution in [2.24, 2.45) is 5.41 Å². The van der Waals surface area contributed by atoms with Gasteiger partial charge in [-0.25, -0.2) is 8.42 Å². The van der Waals surface area contributed by atoms with E-state index >= 15 is 0 Å². The molecule has 1 aliphatic carbocycles. The Kier molecular flexibility index (Phi) is 4.91. The largest absolute Gasteiger partial charge is 0.465 e. The van der Waals surface area contributed by atoms with E-state index in [1.165, 1.54) is 12.1 Å². The standard InChI is InChI=1S/C19H16BrNO4S/c1-2-25-18(22)19(12-21)16(13-8-10-14(20)11-9-13)17(19)26(23,24)15-6-4-3-5-7-15/h3-11,16-17H,2H2,1H3/t16-,17-,19-/m0/s1. The van der Waals surface area contributed by atoms with Gasteiger partial charge in [0.1, 0.15) is 5.25 Å². The molecule has 1 fully saturated rings. The Labute approximate surface area is 160 Å². The quantitative estimate of drug-likeness (QED) is 0.673. The van der Waals surface area contributed by atoms with Gasteiger partial charge >= 0.3 is 5.97 Å². The first-order valence-corrected chi connectivity index (χ1v) is 10.4. The van der Waals surface area contributed by atoms with Crippen LogP contribution >= 0.6 is 15.9 Å². The first kappa shape index (κ1) is 18.6. The number of nitrogens with zero attached hydrogens (tertiary/aromatic N) is 1. The summed E-state index contributed by atoms with van der Waals surface area (Å²) < 4.78 is 32.2. The lowest BCUT2D eigenvalue weighted by molar-refractivity contribution is -0.147. The maximum absolute atomic E-state index is 13.2. The van der Waals surface area contributed by atoms with Crippen molar-refractivity contribution in [1.82, 2.24) is 0 Å². The van der Waals surface area contributed by atoms with Crippen LogP contribution in [-0.2, 0) is 19.4 Å². The van der Waals surface area contributed by atoms with Gasteiger partial charge in [-0.1, -0.05) is 46.3 Å². The Morgan fingerprint density at radius 3 is 2.35 bits per heavy atom. The predicted octanol–water partition coefficient (Wildman–Crippen LogP) is 3.46. The summed E-state index contributed by atoms with van der Waals surface area (Å²) in [4.78, 5) is 12.7. The molecule has 0 unspecified atom stereocenters. The summed E-state index contributed by atoms with van der Waals surface area (Å²) in [6.07, 6.45) is 0. The Morgan fingerprint density at radius 1 is 1.19 bits per heavy atom. The van der Waals surface area contributed by atoms with Crippen LogP contribution in [0.4, 0.5) is 0 Å². The number of benzene rings is 2. The van der Waals surface area contributed by atoms with Crippen LogP contribution in [0.5, 0.6) is 0 Å². The SMILES string of the molecule is CCOC(=O)[C@@]1(C#N)[C@@H](c2ccc(Br)cc2)[C@@H]1S(=O)(=O)c1ccccc1. The van der Waals surface area contributed by atoms with E-state index in [4.69, 9.17) is 4.74 Å². The second-order valence-electron chi connectivity index (χ2n) is 6.01. The number of carbonyl (C=O) groups is 1. The predicted molar refractivity (Wildman–Crippen MR) is 99.0 cm³/mol. The molecule has 0 spiro atoms. The molecular formula is C19H16BrNO4S. The van der Waals surface area contributed by atoms with Crippen LogP contribution in [0.15, 0.2) is 64.0 Å². The smallest absolute Gasteiger partial charge is 0.328 e. The summed E-state index contributed by atoms with van der Waals surface area (Å²) in [5.74, 6) is -1.57. The second-order valence-corrected chi connectivity index (χ2v) is 8.99. The molecule has 1 aliphatic rings. The molecule has 5 nitrogen and oxygen atoms in total. The minimum absolute atomic E-state index is 0.0768. The molecule has 0 aromatic heterocycles. The van der Waals surface area contributed by atoms with E-state index in [1.54, 1.807) is 49.4 Å². The van der Waals surface area contributed by atoms with Crippen molar-refractivity contribution in [2.75, 3.05) is 6.61 Å². The van der Waals surface area contributed by atoms with Crippen molar-refractivity contribution >= 4 is 31.7 Å². The number of sulfone groups is 1. The van der Waals surface area contributed by atoms with Gasteiger partial charge in [0, 0.05) is 10.4 Å². The number of rotatable bonds is 5. The molecule has 7 heteroatoms. The van der Waals surface area contributed by atoms with Crippen molar-refractivity contribution in [3.05, 3.63) is 64.6 Å². The van der Waals surface area contributed by atoms with E-state index in [0.29, 0.717) is 5.56 Å². The first-order chi connectivity index (χ1) is 12.4. The van der Waals surface area contributed by atoms with Gasteiger partial charge in [-0.15, -0.1) is 0 Å². The lowest BCUT2D eigenvalue weighted by atomic mass is 10.0. The Bertz CT molecular complexity index is 967. The monoisotopic (exact) mass is 433 g/mol. The summed E-state index contributed by atoms with van der Waals surface area (Å²) >= 11 is 3.33. The van der Waals surface area contributed by atoms with Gasteiger partial charge in [-0.05, 0) is 36.8 Å². The van der Waals surface area contributed by atoms with Crippen molar-refractivity contribution < 1.29 is 17.9 Å². The molecule has 0 radical (unpaired) electrons. The number of nitriles is 1. The Morgan fingerprint density at radius 2 is 1.81 bits per heavy atom. The molecule has 0 saturated heterocycles. The van der Waals surface area contributed by atoms with E-state index in [9.17, 15) is 18.5 Å². The summed E-state index contributed by atoms with van der Waals surface area (Å²) in [5, 5.41) is 8.62. The molecule has 1 saturated carbocycles. The zero-order chi connectivity index (χ0) is 18.9. The van der Waals surface area contributed by atoms with Gasteiger partial charge in [0.25, 0.3) is 0 Å². The fraction of sp³-hybridized carbons (Fsp3) is 0.263. The molecule has 3 atom stereocenters. The van der Waals surface area contributed by atoms with Gasteiger partial charge in [0.15, 0.2) is 15.3 Å². The maximum atomic E-state index is 13.2. The van der Waals surface area contributed by atoms with Crippen molar-refractivity contribution in [3.8, 4) is 6.07 Å². The molecule has 0 aliphatic heterocycles. The highest BCUT2D eigenvalue weighted by Crippen LogP contribution is 2.64. The zero-order valence-corrected chi connectivity index (χ0v) is 16.3. The lowest BCUT2D eigenvalue weighted by Gasteiger charge is -2.09. The minimum atomic E-state index is -3.89. The van der Waals surface area contributed by atoms with E-state index in [-0.39, 0.29) is 11.5 Å². The number of esters is 1. The van der Waals surface area contributed by atoms with Crippen LogP contribution in [0.1, 0.15) is 18.4 Å². The Hall–Kier alpha value is -2.17. The van der Waals surface area contributed by atoms with Gasteiger partial charge < -0.3 is 4.74 Å². The molecule has 2 aromatic carbocycles. The van der Waals surface area contributed by atoms with E-state index in [0.717, 1.165) is 4.47 Å². The molecule has 0 bridgehead atoms. The molecule has 0 heterocycles. The summed E-state index contributed by atoms with van der Waals surface area (Å²) in [6.45, 7) is 1.70. The van der Waals surface area contributed by atoms with Gasteiger partial charge in [0.2, 0.25) is 0 Å². The molecule has 0 N–H and O–H groups in total. The minimum Gasteiger partial charge on any atom is -0.465 e. The number of ether oxygens (including phenoxy) is 1. The average Bonchev–Trinajstić information content (AvgIpc) is 3.35. The van der Waals surface area contributed by atoms with Gasteiger partial charge in [-0.2, -0.15) is 5.26 Å². The molecule has 134 valence electrons. The summed E-state index contributed by atoms with van der Waals surface area (Å²) in [5.41, 5.74) is -1.12. The van der Waals surface area contributed by atoms with Crippen LogP contribution in [0.3, 0.4) is 0 Å². The highest BCUT2D eigenvalue weighted by Gasteiger charge is 2.77. The van der Waals surface area contributed by atoms with Gasteiger partial charge in [-0.3, -0.25) is 4.79 Å². The fourth-order valence-electron chi connectivity index (χ4n) is 3.32. The maximum Gasteiger partial charge on any atom is 0.328 e. The Balaban J connectivity index is 2.13.